The normalized spacial score (nSPS) is 16.6. The van der Waals surface area contributed by atoms with Crippen molar-refractivity contribution in [1.29, 1.82) is 0 Å². The molecule has 1 fully saturated rings. The van der Waals surface area contributed by atoms with E-state index in [1.54, 1.807) is 42.5 Å². The molecule has 0 aliphatic carbocycles. The lowest BCUT2D eigenvalue weighted by atomic mass is 10.1. The molecule has 2 aromatic carbocycles. The smallest absolute Gasteiger partial charge is 0.251 e. The Morgan fingerprint density at radius 2 is 1.93 bits per heavy atom. The fraction of sp³-hybridized carbons (Fsp3) is 0.350. The third kappa shape index (κ3) is 5.63. The SMILES string of the molecule is CS(=O)(=O)N(Cc1ccc(C(=O)NC[C@@H]2CCCO2)cc1)c1cccc(Cl)c1Cl. The van der Waals surface area contributed by atoms with E-state index in [2.05, 4.69) is 5.32 Å². The van der Waals surface area contributed by atoms with Crippen molar-refractivity contribution in [3.8, 4) is 0 Å². The Labute approximate surface area is 180 Å². The van der Waals surface area contributed by atoms with Crippen LogP contribution in [-0.2, 0) is 21.3 Å². The third-order valence-electron chi connectivity index (χ3n) is 4.66. The first-order chi connectivity index (χ1) is 13.8. The Bertz CT molecular complexity index is 974. The summed E-state index contributed by atoms with van der Waals surface area (Å²) in [5.41, 5.74) is 1.51. The summed E-state index contributed by atoms with van der Waals surface area (Å²) >= 11 is 12.3. The number of rotatable bonds is 7. The molecule has 6 nitrogen and oxygen atoms in total. The number of sulfonamides is 1. The molecule has 1 amide bonds. The molecule has 156 valence electrons. The average Bonchev–Trinajstić information content (AvgIpc) is 3.20. The standard InChI is InChI=1S/C20H22Cl2N2O4S/c1-29(26,27)24(18-6-2-5-17(21)19(18)22)13-14-7-9-15(10-8-14)20(25)23-12-16-4-3-11-28-16/h2,5-10,16H,3-4,11-13H2,1H3,(H,23,25)/t16-/m0/s1. The average molecular weight is 457 g/mol. The lowest BCUT2D eigenvalue weighted by Crippen LogP contribution is -2.32. The zero-order chi connectivity index (χ0) is 21.0. The second kappa shape index (κ2) is 9.34. The van der Waals surface area contributed by atoms with Crippen LogP contribution in [0.3, 0.4) is 0 Å². The quantitative estimate of drug-likeness (QED) is 0.685. The number of benzene rings is 2. The fourth-order valence-electron chi connectivity index (χ4n) is 3.11. The lowest BCUT2D eigenvalue weighted by molar-refractivity contribution is 0.0858. The summed E-state index contributed by atoms with van der Waals surface area (Å²) in [5.74, 6) is -0.190. The van der Waals surface area contributed by atoms with Gasteiger partial charge < -0.3 is 10.1 Å². The van der Waals surface area contributed by atoms with Crippen molar-refractivity contribution in [3.63, 3.8) is 0 Å². The van der Waals surface area contributed by atoms with Gasteiger partial charge in [0.05, 0.1) is 34.6 Å². The van der Waals surface area contributed by atoms with Crippen molar-refractivity contribution in [1.82, 2.24) is 5.32 Å². The maximum absolute atomic E-state index is 12.3. The van der Waals surface area contributed by atoms with E-state index in [1.807, 2.05) is 0 Å². The summed E-state index contributed by atoms with van der Waals surface area (Å²) in [5, 5.41) is 3.31. The molecular weight excluding hydrogens is 435 g/mol. The summed E-state index contributed by atoms with van der Waals surface area (Å²) in [6.45, 7) is 1.29. The molecule has 0 spiro atoms. The second-order valence-electron chi connectivity index (χ2n) is 6.88. The van der Waals surface area contributed by atoms with Crippen LogP contribution >= 0.6 is 23.2 Å². The summed E-state index contributed by atoms with van der Waals surface area (Å²) in [6.07, 6.45) is 3.15. The molecule has 9 heteroatoms. The molecule has 0 aromatic heterocycles. The minimum atomic E-state index is -3.60. The summed E-state index contributed by atoms with van der Waals surface area (Å²) in [6, 6.07) is 11.6. The van der Waals surface area contributed by atoms with Gasteiger partial charge in [-0.3, -0.25) is 9.10 Å². The molecule has 1 aliphatic heterocycles. The van der Waals surface area contributed by atoms with Gasteiger partial charge in [0.2, 0.25) is 10.0 Å². The van der Waals surface area contributed by atoms with Crippen LogP contribution in [0.25, 0.3) is 0 Å². The molecule has 0 saturated carbocycles. The molecule has 0 bridgehead atoms. The van der Waals surface area contributed by atoms with Gasteiger partial charge in [0.25, 0.3) is 5.91 Å². The zero-order valence-corrected chi connectivity index (χ0v) is 18.2. The van der Waals surface area contributed by atoms with Gasteiger partial charge in [-0.25, -0.2) is 8.42 Å². The largest absolute Gasteiger partial charge is 0.376 e. The Hall–Kier alpha value is -1.80. The third-order valence-corrected chi connectivity index (χ3v) is 6.59. The zero-order valence-electron chi connectivity index (χ0n) is 15.9. The molecule has 1 heterocycles. The summed E-state index contributed by atoms with van der Waals surface area (Å²) in [4.78, 5) is 12.3. The summed E-state index contributed by atoms with van der Waals surface area (Å²) < 4.78 is 31.4. The molecule has 3 rings (SSSR count). The lowest BCUT2D eigenvalue weighted by Gasteiger charge is -2.24. The number of nitrogens with zero attached hydrogens (tertiary/aromatic N) is 1. The van der Waals surface area contributed by atoms with Crippen LogP contribution in [0.15, 0.2) is 42.5 Å². The summed E-state index contributed by atoms with van der Waals surface area (Å²) in [7, 11) is -3.60. The Morgan fingerprint density at radius 1 is 1.21 bits per heavy atom. The number of nitrogens with one attached hydrogen (secondary N) is 1. The van der Waals surface area contributed by atoms with E-state index in [0.29, 0.717) is 23.4 Å². The van der Waals surface area contributed by atoms with E-state index < -0.39 is 10.0 Å². The number of carbonyl (C=O) groups excluding carboxylic acids is 1. The second-order valence-corrected chi connectivity index (χ2v) is 9.58. The van der Waals surface area contributed by atoms with E-state index in [9.17, 15) is 13.2 Å². The topological polar surface area (TPSA) is 75.7 Å². The number of hydrogen-bond donors (Lipinski definition) is 1. The molecular formula is C20H22Cl2N2O4S. The maximum atomic E-state index is 12.3. The number of amides is 1. The van der Waals surface area contributed by atoms with Crippen LogP contribution in [0.4, 0.5) is 5.69 Å². The Kier molecular flexibility index (Phi) is 7.05. The molecule has 1 aliphatic rings. The molecule has 29 heavy (non-hydrogen) atoms. The van der Waals surface area contributed by atoms with Crippen molar-refractivity contribution >= 4 is 44.8 Å². The van der Waals surface area contributed by atoms with Crippen LogP contribution in [0.1, 0.15) is 28.8 Å². The minimum Gasteiger partial charge on any atom is -0.376 e. The van der Waals surface area contributed by atoms with Gasteiger partial charge in [-0.05, 0) is 42.7 Å². The van der Waals surface area contributed by atoms with Crippen LogP contribution < -0.4 is 9.62 Å². The highest BCUT2D eigenvalue weighted by atomic mass is 35.5. The minimum absolute atomic E-state index is 0.0662. The molecule has 1 saturated heterocycles. The van der Waals surface area contributed by atoms with Crippen molar-refractivity contribution in [2.75, 3.05) is 23.7 Å². The van der Waals surface area contributed by atoms with E-state index in [1.165, 1.54) is 4.31 Å². The van der Waals surface area contributed by atoms with Crippen molar-refractivity contribution < 1.29 is 17.9 Å². The van der Waals surface area contributed by atoms with Crippen LogP contribution in [0.2, 0.25) is 10.0 Å². The number of hydrogen-bond acceptors (Lipinski definition) is 4. The van der Waals surface area contributed by atoms with Gasteiger partial charge in [0.1, 0.15) is 0 Å². The van der Waals surface area contributed by atoms with Gasteiger partial charge in [-0.1, -0.05) is 41.4 Å². The maximum Gasteiger partial charge on any atom is 0.251 e. The predicted molar refractivity (Wildman–Crippen MR) is 115 cm³/mol. The van der Waals surface area contributed by atoms with Crippen molar-refractivity contribution in [2.45, 2.75) is 25.5 Å². The number of ether oxygens (including phenoxy) is 1. The first kappa shape index (κ1) is 21.9. The van der Waals surface area contributed by atoms with Crippen LogP contribution in [0, 0.1) is 0 Å². The van der Waals surface area contributed by atoms with Gasteiger partial charge >= 0.3 is 0 Å². The van der Waals surface area contributed by atoms with E-state index in [0.717, 1.165) is 25.7 Å². The highest BCUT2D eigenvalue weighted by molar-refractivity contribution is 7.92. The highest BCUT2D eigenvalue weighted by Gasteiger charge is 2.22. The molecule has 0 unspecified atom stereocenters. The first-order valence-electron chi connectivity index (χ1n) is 9.16. The Balaban J connectivity index is 1.72. The van der Waals surface area contributed by atoms with E-state index in [4.69, 9.17) is 27.9 Å². The molecule has 0 radical (unpaired) electrons. The van der Waals surface area contributed by atoms with E-state index >= 15 is 0 Å². The van der Waals surface area contributed by atoms with Gasteiger partial charge in [-0.15, -0.1) is 0 Å². The van der Waals surface area contributed by atoms with E-state index in [-0.39, 0.29) is 28.6 Å². The van der Waals surface area contributed by atoms with Gasteiger partial charge in [0, 0.05) is 18.7 Å². The van der Waals surface area contributed by atoms with Gasteiger partial charge in [0.15, 0.2) is 0 Å². The fourth-order valence-corrected chi connectivity index (χ4v) is 4.45. The first-order valence-corrected chi connectivity index (χ1v) is 11.8. The Morgan fingerprint density at radius 3 is 2.55 bits per heavy atom. The number of halogens is 2. The highest BCUT2D eigenvalue weighted by Crippen LogP contribution is 2.34. The van der Waals surface area contributed by atoms with Crippen molar-refractivity contribution in [2.24, 2.45) is 0 Å². The van der Waals surface area contributed by atoms with Crippen LogP contribution in [-0.4, -0.2) is 39.8 Å². The molecule has 1 atom stereocenters. The monoisotopic (exact) mass is 456 g/mol. The molecule has 2 aromatic rings. The predicted octanol–water partition coefficient (Wildman–Crippen LogP) is 3.87. The van der Waals surface area contributed by atoms with Crippen LogP contribution in [0.5, 0.6) is 0 Å². The molecule has 1 N–H and O–H groups in total. The number of carbonyl (C=O) groups is 1. The van der Waals surface area contributed by atoms with Gasteiger partial charge in [-0.2, -0.15) is 0 Å². The number of anilines is 1. The van der Waals surface area contributed by atoms with Crippen molar-refractivity contribution in [3.05, 3.63) is 63.6 Å².